The third kappa shape index (κ3) is 4.70. The minimum atomic E-state index is 0.959. The Labute approximate surface area is 378 Å². The zero-order chi connectivity index (χ0) is 43.0. The van der Waals surface area contributed by atoms with Crippen molar-refractivity contribution in [3.05, 3.63) is 224 Å². The molecule has 10 aromatic carbocycles. The van der Waals surface area contributed by atoms with E-state index in [4.69, 9.17) is 4.98 Å². The summed E-state index contributed by atoms with van der Waals surface area (Å²) in [6.45, 7) is 0. The van der Waals surface area contributed by atoms with E-state index in [9.17, 15) is 0 Å². The maximum atomic E-state index is 5.90. The molecule has 0 fully saturated rings. The molecule has 15 rings (SSSR count). The van der Waals surface area contributed by atoms with Crippen LogP contribution >= 0.6 is 0 Å². The highest BCUT2D eigenvalue weighted by Crippen LogP contribution is 2.51. The van der Waals surface area contributed by atoms with Gasteiger partial charge in [0.2, 0.25) is 0 Å². The summed E-state index contributed by atoms with van der Waals surface area (Å²) in [4.78, 5) is 10.7. The van der Waals surface area contributed by atoms with E-state index in [1.807, 2.05) is 0 Å². The van der Waals surface area contributed by atoms with E-state index in [1.54, 1.807) is 0 Å². The predicted molar refractivity (Wildman–Crippen MR) is 278 cm³/mol. The van der Waals surface area contributed by atoms with Crippen molar-refractivity contribution in [3.63, 3.8) is 0 Å². The van der Waals surface area contributed by atoms with E-state index >= 15 is 0 Å². The standard InChI is InChI=1S/C61H37N5/c1-5-21-40(22-6-1)63(41-23-7-2-8-24-41)52-35-38-19-13-15-29-44(38)54-48-33-18-34-49-56-51(65(58(48)49)59(52)54)37-50-46-31-17-32-47-55-45-30-16-14-20-39(45)36-53(60(55)66(57(46)47)61(50)62-56)64(42-25-9-3-10-26-42)43-27-11-4-12-28-43/h1-37H. The summed E-state index contributed by atoms with van der Waals surface area (Å²) < 4.78 is 5.01. The quantitative estimate of drug-likeness (QED) is 0.167. The summed E-state index contributed by atoms with van der Waals surface area (Å²) in [6, 6.07) is 81.6. The van der Waals surface area contributed by atoms with Crippen LogP contribution < -0.4 is 9.80 Å². The number of pyridine rings is 1. The molecule has 0 spiro atoms. The van der Waals surface area contributed by atoms with Crippen molar-refractivity contribution < 1.29 is 0 Å². The summed E-state index contributed by atoms with van der Waals surface area (Å²) in [5, 5.41) is 13.3. The first-order valence-electron chi connectivity index (χ1n) is 22.6. The molecule has 0 amide bonds. The van der Waals surface area contributed by atoms with Crippen LogP contribution in [0.25, 0.3) is 98.0 Å². The van der Waals surface area contributed by atoms with Crippen molar-refractivity contribution in [1.29, 1.82) is 0 Å². The summed E-state index contributed by atoms with van der Waals surface area (Å²) in [6.07, 6.45) is 0. The van der Waals surface area contributed by atoms with Crippen LogP contribution in [0.15, 0.2) is 224 Å². The Morgan fingerprint density at radius 3 is 1.20 bits per heavy atom. The smallest absolute Gasteiger partial charge is 0.146 e. The molecular formula is C61H37N5. The molecule has 5 aromatic heterocycles. The molecule has 0 saturated heterocycles. The van der Waals surface area contributed by atoms with Crippen LogP contribution in [-0.2, 0) is 0 Å². The minimum absolute atomic E-state index is 0.959. The second-order valence-corrected chi connectivity index (χ2v) is 17.5. The summed E-state index contributed by atoms with van der Waals surface area (Å²) in [5.41, 5.74) is 14.4. The van der Waals surface area contributed by atoms with Gasteiger partial charge in [0.15, 0.2) is 0 Å². The number of benzene rings is 10. The molecule has 0 aliphatic carbocycles. The summed E-state index contributed by atoms with van der Waals surface area (Å²) >= 11 is 0. The van der Waals surface area contributed by atoms with Gasteiger partial charge in [-0.1, -0.05) is 158 Å². The van der Waals surface area contributed by atoms with Gasteiger partial charge in [-0.25, -0.2) is 4.98 Å². The van der Waals surface area contributed by atoms with Crippen LogP contribution in [0.5, 0.6) is 0 Å². The molecule has 5 heteroatoms. The molecule has 15 aromatic rings. The Morgan fingerprint density at radius 2 is 0.697 bits per heavy atom. The molecule has 0 radical (unpaired) electrons. The van der Waals surface area contributed by atoms with Crippen LogP contribution in [0.2, 0.25) is 0 Å². The monoisotopic (exact) mass is 839 g/mol. The molecule has 0 aliphatic heterocycles. The molecular weight excluding hydrogens is 803 g/mol. The zero-order valence-corrected chi connectivity index (χ0v) is 35.6. The Balaban J connectivity index is 1.12. The molecule has 0 atom stereocenters. The van der Waals surface area contributed by atoms with Crippen molar-refractivity contribution in [3.8, 4) is 0 Å². The van der Waals surface area contributed by atoms with Gasteiger partial charge in [-0.3, -0.25) is 4.40 Å². The minimum Gasteiger partial charge on any atom is -0.308 e. The highest BCUT2D eigenvalue weighted by molar-refractivity contribution is 6.34. The van der Waals surface area contributed by atoms with Gasteiger partial charge in [0.05, 0.1) is 44.5 Å². The molecule has 5 nitrogen and oxygen atoms in total. The van der Waals surface area contributed by atoms with Gasteiger partial charge >= 0.3 is 0 Å². The largest absolute Gasteiger partial charge is 0.308 e. The number of rotatable bonds is 6. The lowest BCUT2D eigenvalue weighted by atomic mass is 10.00. The van der Waals surface area contributed by atoms with E-state index < -0.39 is 0 Å². The van der Waals surface area contributed by atoms with Crippen LogP contribution in [0.4, 0.5) is 34.1 Å². The van der Waals surface area contributed by atoms with Gasteiger partial charge in [0.1, 0.15) is 5.65 Å². The molecule has 66 heavy (non-hydrogen) atoms. The van der Waals surface area contributed by atoms with Gasteiger partial charge in [0, 0.05) is 60.5 Å². The number of hydrogen-bond donors (Lipinski definition) is 0. The predicted octanol–water partition coefficient (Wildman–Crippen LogP) is 16.6. The third-order valence-electron chi connectivity index (χ3n) is 14.0. The van der Waals surface area contributed by atoms with Crippen LogP contribution in [-0.4, -0.2) is 13.8 Å². The Morgan fingerprint density at radius 1 is 0.303 bits per heavy atom. The second kappa shape index (κ2) is 13.3. The maximum Gasteiger partial charge on any atom is 0.146 e. The second-order valence-electron chi connectivity index (χ2n) is 17.5. The fourth-order valence-corrected chi connectivity index (χ4v) is 11.4. The van der Waals surface area contributed by atoms with Crippen molar-refractivity contribution in [2.45, 2.75) is 0 Å². The van der Waals surface area contributed by atoms with Crippen molar-refractivity contribution in [1.82, 2.24) is 13.8 Å². The molecule has 0 N–H and O–H groups in total. The Kier molecular flexibility index (Phi) is 7.16. The normalized spacial score (nSPS) is 12.2. The topological polar surface area (TPSA) is 28.2 Å². The number of para-hydroxylation sites is 6. The highest BCUT2D eigenvalue weighted by atomic mass is 15.2. The first-order chi connectivity index (χ1) is 32.8. The fraction of sp³-hybridized carbons (Fsp3) is 0. The first kappa shape index (κ1) is 35.5. The van der Waals surface area contributed by atoms with E-state index in [0.29, 0.717) is 0 Å². The lowest BCUT2D eigenvalue weighted by Crippen LogP contribution is -2.11. The number of fused-ring (bicyclic) bond motifs is 16. The summed E-state index contributed by atoms with van der Waals surface area (Å²) in [5.74, 6) is 0. The van der Waals surface area contributed by atoms with Crippen molar-refractivity contribution in [2.75, 3.05) is 9.80 Å². The van der Waals surface area contributed by atoms with Gasteiger partial charge in [0.25, 0.3) is 0 Å². The van der Waals surface area contributed by atoms with Gasteiger partial charge in [-0.15, -0.1) is 0 Å². The molecule has 0 bridgehead atoms. The Bertz CT molecular complexity index is 4020. The molecule has 0 unspecified atom stereocenters. The number of hydrogen-bond acceptors (Lipinski definition) is 3. The van der Waals surface area contributed by atoms with Crippen LogP contribution in [0.1, 0.15) is 0 Å². The number of nitrogens with zero attached hydrogens (tertiary/aromatic N) is 5. The number of aromatic nitrogens is 3. The van der Waals surface area contributed by atoms with Crippen LogP contribution in [0, 0.1) is 0 Å². The SMILES string of the molecule is c1ccc(N(c2ccccc2)c2cc3ccccc3c3c4cccc5c6nc7c(cc6n(c23)c54)c2cccc3c4c5ccccc5cc(N(c5ccccc5)c5ccccc5)c4n7c23)cc1. The van der Waals surface area contributed by atoms with E-state index in [-0.39, 0.29) is 0 Å². The lowest BCUT2D eigenvalue weighted by molar-refractivity contribution is 1.25. The molecule has 306 valence electrons. The molecule has 0 aliphatic rings. The van der Waals surface area contributed by atoms with Gasteiger partial charge in [-0.05, 0) is 88.3 Å². The number of anilines is 6. The average molecular weight is 840 g/mol. The van der Waals surface area contributed by atoms with Gasteiger partial charge < -0.3 is 14.2 Å². The van der Waals surface area contributed by atoms with E-state index in [0.717, 1.165) is 67.1 Å². The maximum absolute atomic E-state index is 5.90. The molecule has 0 saturated carbocycles. The fourth-order valence-electron chi connectivity index (χ4n) is 11.4. The highest BCUT2D eigenvalue weighted by Gasteiger charge is 2.29. The van der Waals surface area contributed by atoms with Crippen molar-refractivity contribution >= 4 is 132 Å². The zero-order valence-electron chi connectivity index (χ0n) is 35.6. The summed E-state index contributed by atoms with van der Waals surface area (Å²) in [7, 11) is 0. The van der Waals surface area contributed by atoms with Gasteiger partial charge in [-0.2, -0.15) is 0 Å². The van der Waals surface area contributed by atoms with Crippen LogP contribution in [0.3, 0.4) is 0 Å². The average Bonchev–Trinajstić information content (AvgIpc) is 4.12. The third-order valence-corrected chi connectivity index (χ3v) is 14.0. The first-order valence-corrected chi connectivity index (χ1v) is 22.6. The Hall–Kier alpha value is -8.93. The van der Waals surface area contributed by atoms with Crippen molar-refractivity contribution in [2.24, 2.45) is 0 Å². The van der Waals surface area contributed by atoms with E-state index in [1.165, 1.54) is 65.0 Å². The lowest BCUT2D eigenvalue weighted by Gasteiger charge is -2.27. The molecule has 5 heterocycles. The van der Waals surface area contributed by atoms with E-state index in [2.05, 4.69) is 243 Å².